The van der Waals surface area contributed by atoms with Gasteiger partial charge in [-0.05, 0) is 11.0 Å². The highest BCUT2D eigenvalue weighted by atomic mass is 32.2. The number of benzene rings is 1. The van der Waals surface area contributed by atoms with E-state index in [4.69, 9.17) is 0 Å². The van der Waals surface area contributed by atoms with Gasteiger partial charge in [-0.25, -0.2) is 4.99 Å². The monoisotopic (exact) mass is 214 g/mol. The van der Waals surface area contributed by atoms with Crippen molar-refractivity contribution in [1.29, 1.82) is 0 Å². The Hall–Kier alpha value is -1.35. The van der Waals surface area contributed by atoms with Crippen molar-refractivity contribution in [2.45, 2.75) is 5.37 Å². The first-order chi connectivity index (χ1) is 7.45. The molecule has 2 unspecified atom stereocenters. The normalized spacial score (nSPS) is 27.6. The van der Waals surface area contributed by atoms with E-state index in [1.165, 1.54) is 5.56 Å². The summed E-state index contributed by atoms with van der Waals surface area (Å²) in [7, 11) is 0. The average Bonchev–Trinajstić information content (AvgIpc) is 2.78. The molecule has 74 valence electrons. The Morgan fingerprint density at radius 3 is 2.87 bits per heavy atom. The number of aliphatic imine (C=N–C) groups is 2. The van der Waals surface area contributed by atoms with E-state index in [0.717, 1.165) is 5.71 Å². The lowest BCUT2D eigenvalue weighted by Gasteiger charge is -2.19. The fourth-order valence-corrected chi connectivity index (χ4v) is 2.80. The van der Waals surface area contributed by atoms with Crippen molar-refractivity contribution >= 4 is 23.8 Å². The van der Waals surface area contributed by atoms with Gasteiger partial charge < -0.3 is 0 Å². The van der Waals surface area contributed by atoms with Crippen LogP contribution in [0.2, 0.25) is 0 Å². The van der Waals surface area contributed by atoms with E-state index in [-0.39, 0.29) is 0 Å². The van der Waals surface area contributed by atoms with Gasteiger partial charge in [0.15, 0.2) is 0 Å². The number of nitrogens with zero attached hydrogens (tertiary/aromatic N) is 2. The van der Waals surface area contributed by atoms with Gasteiger partial charge in [0.2, 0.25) is 0 Å². The Labute approximate surface area is 92.8 Å². The van der Waals surface area contributed by atoms with E-state index in [2.05, 4.69) is 33.6 Å². The minimum atomic E-state index is 0.303. The highest BCUT2D eigenvalue weighted by Crippen LogP contribution is 2.34. The van der Waals surface area contributed by atoms with Crippen LogP contribution in [0.5, 0.6) is 0 Å². The van der Waals surface area contributed by atoms with Crippen LogP contribution in [0.1, 0.15) is 5.56 Å². The highest BCUT2D eigenvalue weighted by Gasteiger charge is 2.29. The van der Waals surface area contributed by atoms with E-state index in [1.54, 1.807) is 18.1 Å². The van der Waals surface area contributed by atoms with Gasteiger partial charge in [0.05, 0.1) is 11.6 Å². The van der Waals surface area contributed by atoms with Crippen molar-refractivity contribution in [3.63, 3.8) is 0 Å². The van der Waals surface area contributed by atoms with Crippen LogP contribution >= 0.6 is 11.8 Å². The second kappa shape index (κ2) is 3.66. The Balaban J connectivity index is 2.02. The SMILES string of the molecule is C1=CC2C(c3ccccc3)=NC=NC2S1. The summed E-state index contributed by atoms with van der Waals surface area (Å²) in [6.45, 7) is 0. The van der Waals surface area contributed by atoms with Crippen LogP contribution in [0.3, 0.4) is 0 Å². The third kappa shape index (κ3) is 1.53. The van der Waals surface area contributed by atoms with Crippen LogP contribution in [0.15, 0.2) is 51.8 Å². The van der Waals surface area contributed by atoms with Crippen molar-refractivity contribution in [3.05, 3.63) is 47.4 Å². The minimum absolute atomic E-state index is 0.303. The third-order valence-electron chi connectivity index (χ3n) is 2.61. The van der Waals surface area contributed by atoms with Crippen LogP contribution in [0, 0.1) is 5.92 Å². The van der Waals surface area contributed by atoms with Gasteiger partial charge in [-0.2, -0.15) is 0 Å². The molecule has 0 fully saturated rings. The summed E-state index contributed by atoms with van der Waals surface area (Å²) in [5.74, 6) is 0.349. The van der Waals surface area contributed by atoms with Crippen LogP contribution in [-0.2, 0) is 0 Å². The molecular formula is C12H10N2S. The predicted octanol–water partition coefficient (Wildman–Crippen LogP) is 2.72. The Morgan fingerprint density at radius 2 is 2.00 bits per heavy atom. The molecule has 2 nitrogen and oxygen atoms in total. The van der Waals surface area contributed by atoms with Crippen molar-refractivity contribution in [1.82, 2.24) is 0 Å². The van der Waals surface area contributed by atoms with E-state index in [0.29, 0.717) is 11.3 Å². The van der Waals surface area contributed by atoms with Gasteiger partial charge in [0, 0.05) is 0 Å². The zero-order valence-corrected chi connectivity index (χ0v) is 8.89. The summed E-state index contributed by atoms with van der Waals surface area (Å²) in [5.41, 5.74) is 2.34. The summed E-state index contributed by atoms with van der Waals surface area (Å²) in [6, 6.07) is 10.3. The fraction of sp³-hybridized carbons (Fsp3) is 0.167. The third-order valence-corrected chi connectivity index (χ3v) is 3.61. The molecule has 2 atom stereocenters. The molecule has 0 amide bonds. The Morgan fingerprint density at radius 1 is 1.13 bits per heavy atom. The van der Waals surface area contributed by atoms with Gasteiger partial charge in [-0.15, -0.1) is 11.8 Å². The molecule has 0 spiro atoms. The molecule has 2 aliphatic rings. The van der Waals surface area contributed by atoms with E-state index in [9.17, 15) is 0 Å². The molecule has 0 bridgehead atoms. The zero-order chi connectivity index (χ0) is 10.1. The van der Waals surface area contributed by atoms with Crippen LogP contribution in [0.4, 0.5) is 0 Å². The number of thioether (sulfide) groups is 1. The van der Waals surface area contributed by atoms with E-state index >= 15 is 0 Å². The summed E-state index contributed by atoms with van der Waals surface area (Å²) < 4.78 is 0. The van der Waals surface area contributed by atoms with Crippen LogP contribution < -0.4 is 0 Å². The number of rotatable bonds is 1. The highest BCUT2D eigenvalue weighted by molar-refractivity contribution is 8.03. The first-order valence-electron chi connectivity index (χ1n) is 4.92. The Kier molecular flexibility index (Phi) is 2.18. The molecule has 2 aliphatic heterocycles. The smallest absolute Gasteiger partial charge is 0.113 e. The summed E-state index contributed by atoms with van der Waals surface area (Å²) >= 11 is 1.77. The van der Waals surface area contributed by atoms with Gasteiger partial charge in [0.1, 0.15) is 11.7 Å². The number of hydrogen-bond donors (Lipinski definition) is 0. The largest absolute Gasteiger partial charge is 0.258 e. The second-order valence-electron chi connectivity index (χ2n) is 3.53. The average molecular weight is 214 g/mol. The molecule has 1 aromatic carbocycles. The molecule has 0 radical (unpaired) electrons. The first kappa shape index (κ1) is 8.92. The fourth-order valence-electron chi connectivity index (χ4n) is 1.87. The molecule has 3 rings (SSSR count). The lowest BCUT2D eigenvalue weighted by molar-refractivity contribution is 0.812. The van der Waals surface area contributed by atoms with E-state index < -0.39 is 0 Å². The maximum atomic E-state index is 4.40. The first-order valence-corrected chi connectivity index (χ1v) is 5.86. The maximum absolute atomic E-state index is 4.40. The molecule has 2 heterocycles. The number of hydrogen-bond acceptors (Lipinski definition) is 3. The van der Waals surface area contributed by atoms with E-state index in [1.807, 2.05) is 18.2 Å². The molecule has 0 N–H and O–H groups in total. The Bertz CT molecular complexity index is 448. The molecule has 1 aromatic rings. The van der Waals surface area contributed by atoms with Gasteiger partial charge in [-0.3, -0.25) is 4.99 Å². The lowest BCUT2D eigenvalue weighted by Crippen LogP contribution is -2.24. The van der Waals surface area contributed by atoms with Crippen molar-refractivity contribution in [2.24, 2.45) is 15.9 Å². The standard InChI is InChI=1S/C12H10N2S/c1-2-4-9(5-3-1)11-10-6-7-15-12(10)14-8-13-11/h1-8,10,12H. The van der Waals surface area contributed by atoms with Gasteiger partial charge >= 0.3 is 0 Å². The number of fused-ring (bicyclic) bond motifs is 1. The maximum Gasteiger partial charge on any atom is 0.113 e. The lowest BCUT2D eigenvalue weighted by atomic mass is 9.96. The summed E-state index contributed by atoms with van der Waals surface area (Å²) in [5, 5.41) is 2.42. The predicted molar refractivity (Wildman–Crippen MR) is 65.5 cm³/mol. The van der Waals surface area contributed by atoms with Crippen molar-refractivity contribution < 1.29 is 0 Å². The topological polar surface area (TPSA) is 24.7 Å². The summed E-state index contributed by atoms with van der Waals surface area (Å²) in [4.78, 5) is 8.76. The minimum Gasteiger partial charge on any atom is -0.258 e. The quantitative estimate of drug-likeness (QED) is 0.705. The molecular weight excluding hydrogens is 204 g/mol. The molecule has 3 heteroatoms. The van der Waals surface area contributed by atoms with Crippen molar-refractivity contribution in [3.8, 4) is 0 Å². The molecule has 0 saturated heterocycles. The molecule has 0 aliphatic carbocycles. The van der Waals surface area contributed by atoms with Crippen LogP contribution in [0.25, 0.3) is 0 Å². The molecule has 15 heavy (non-hydrogen) atoms. The zero-order valence-electron chi connectivity index (χ0n) is 8.08. The van der Waals surface area contributed by atoms with Gasteiger partial charge in [-0.1, -0.05) is 36.4 Å². The van der Waals surface area contributed by atoms with Crippen LogP contribution in [-0.4, -0.2) is 17.4 Å². The van der Waals surface area contributed by atoms with Gasteiger partial charge in [0.25, 0.3) is 0 Å². The molecule has 0 aromatic heterocycles. The summed E-state index contributed by atoms with van der Waals surface area (Å²) in [6.07, 6.45) is 3.88. The molecule has 0 saturated carbocycles. The second-order valence-corrected chi connectivity index (χ2v) is 4.55. The van der Waals surface area contributed by atoms with Crippen molar-refractivity contribution in [2.75, 3.05) is 0 Å².